The first-order valence-electron chi connectivity index (χ1n) is 5.58. The quantitative estimate of drug-likeness (QED) is 0.894. The van der Waals surface area contributed by atoms with Gasteiger partial charge in [0.2, 0.25) is 0 Å². The van der Waals surface area contributed by atoms with Crippen LogP contribution in [-0.4, -0.2) is 16.0 Å². The molecule has 2 aromatic rings. The first-order chi connectivity index (χ1) is 8.58. The van der Waals surface area contributed by atoms with E-state index >= 15 is 0 Å². The van der Waals surface area contributed by atoms with Gasteiger partial charge in [-0.1, -0.05) is 11.6 Å². The minimum absolute atomic E-state index is 0.00978. The van der Waals surface area contributed by atoms with Crippen molar-refractivity contribution in [2.75, 3.05) is 0 Å². The zero-order valence-electron chi connectivity index (χ0n) is 10.2. The van der Waals surface area contributed by atoms with Crippen LogP contribution < -0.4 is 5.32 Å². The Labute approximate surface area is 109 Å². The van der Waals surface area contributed by atoms with Crippen LogP contribution in [0, 0.1) is 6.92 Å². The van der Waals surface area contributed by atoms with Crippen molar-refractivity contribution >= 4 is 17.2 Å². The summed E-state index contributed by atoms with van der Waals surface area (Å²) in [4.78, 5) is 16.2. The number of nitrogens with one attached hydrogen (secondary N) is 1. The summed E-state index contributed by atoms with van der Waals surface area (Å²) in [5.74, 6) is -0.302. The number of hydrogen-bond donors (Lipinski definition) is 2. The van der Waals surface area contributed by atoms with E-state index in [2.05, 4.69) is 10.3 Å². The Bertz CT molecular complexity index is 552. The molecule has 0 aliphatic carbocycles. The summed E-state index contributed by atoms with van der Waals surface area (Å²) in [6.45, 7) is 3.74. The van der Waals surface area contributed by atoms with Crippen LogP contribution in [0.25, 0.3) is 0 Å². The predicted molar refractivity (Wildman–Crippen MR) is 70.8 cm³/mol. The summed E-state index contributed by atoms with van der Waals surface area (Å²) in [6.07, 6.45) is 1.70. The molecule has 1 aromatic heterocycles. The Morgan fingerprint density at radius 3 is 2.94 bits per heavy atom. The summed E-state index contributed by atoms with van der Waals surface area (Å²) in [5, 5.41) is 15.2. The number of aromatic nitrogens is 1. The second-order valence-corrected chi connectivity index (χ2v) is 5.01. The normalized spacial score (nSPS) is 12.1. The largest absolute Gasteiger partial charge is 0.507 e. The third kappa shape index (κ3) is 2.68. The molecule has 0 spiro atoms. The molecule has 1 unspecified atom stereocenters. The second kappa shape index (κ2) is 5.18. The smallest absolute Gasteiger partial charge is 0.255 e. The number of nitrogens with zero attached hydrogens (tertiary/aromatic N) is 1. The predicted octanol–water partition coefficient (Wildman–Crippen LogP) is 2.65. The number of thiazole rings is 1. The Morgan fingerprint density at radius 2 is 2.28 bits per heavy atom. The lowest BCUT2D eigenvalue weighted by Gasteiger charge is -2.12. The van der Waals surface area contributed by atoms with Crippen molar-refractivity contribution in [3.63, 3.8) is 0 Å². The zero-order chi connectivity index (χ0) is 13.1. The average Bonchev–Trinajstić information content (AvgIpc) is 2.85. The van der Waals surface area contributed by atoms with Crippen LogP contribution in [-0.2, 0) is 0 Å². The molecule has 0 saturated carbocycles. The van der Waals surface area contributed by atoms with E-state index in [-0.39, 0.29) is 17.7 Å². The molecule has 2 N–H and O–H groups in total. The molecule has 1 aromatic carbocycles. The fourth-order valence-electron chi connectivity index (χ4n) is 1.62. The Morgan fingerprint density at radius 1 is 1.50 bits per heavy atom. The van der Waals surface area contributed by atoms with Gasteiger partial charge in [-0.25, -0.2) is 4.98 Å². The molecule has 94 valence electrons. The van der Waals surface area contributed by atoms with Crippen LogP contribution in [0.15, 0.2) is 29.8 Å². The number of phenolic OH excluding ortho intramolecular Hbond substituents is 1. The van der Waals surface area contributed by atoms with Gasteiger partial charge in [0.1, 0.15) is 10.8 Å². The highest BCUT2D eigenvalue weighted by molar-refractivity contribution is 7.09. The molecule has 0 fully saturated rings. The number of phenols is 1. The summed E-state index contributed by atoms with van der Waals surface area (Å²) < 4.78 is 0. The van der Waals surface area contributed by atoms with Crippen LogP contribution in [0.1, 0.15) is 33.9 Å². The number of hydrogen-bond acceptors (Lipinski definition) is 4. The van der Waals surface area contributed by atoms with Crippen molar-refractivity contribution in [2.45, 2.75) is 19.9 Å². The molecule has 1 heterocycles. The van der Waals surface area contributed by atoms with Crippen LogP contribution in [0.2, 0.25) is 0 Å². The van der Waals surface area contributed by atoms with E-state index in [9.17, 15) is 9.90 Å². The van der Waals surface area contributed by atoms with Gasteiger partial charge in [0, 0.05) is 11.6 Å². The lowest BCUT2D eigenvalue weighted by atomic mass is 10.1. The maximum absolute atomic E-state index is 12.0. The minimum Gasteiger partial charge on any atom is -0.507 e. The number of aromatic hydroxyl groups is 1. The standard InChI is InChI=1S/C13H14N2O2S/c1-8-3-4-11(16)10(7-8)12(17)15-9(2)13-14-5-6-18-13/h3-7,9,16H,1-2H3,(H,15,17). The van der Waals surface area contributed by atoms with Gasteiger partial charge >= 0.3 is 0 Å². The first-order valence-corrected chi connectivity index (χ1v) is 6.46. The minimum atomic E-state index is -0.293. The number of carbonyl (C=O) groups excluding carboxylic acids is 1. The van der Waals surface area contributed by atoms with Gasteiger partial charge in [0.05, 0.1) is 11.6 Å². The zero-order valence-corrected chi connectivity index (χ0v) is 11.0. The molecule has 0 aliphatic heterocycles. The van der Waals surface area contributed by atoms with Gasteiger partial charge in [-0.2, -0.15) is 0 Å². The number of amides is 1. The van der Waals surface area contributed by atoms with Crippen molar-refractivity contribution in [3.05, 3.63) is 45.9 Å². The van der Waals surface area contributed by atoms with Gasteiger partial charge in [-0.3, -0.25) is 4.79 Å². The Kier molecular flexibility index (Phi) is 3.62. The molecule has 0 radical (unpaired) electrons. The van der Waals surface area contributed by atoms with Crippen molar-refractivity contribution in [3.8, 4) is 5.75 Å². The van der Waals surface area contributed by atoms with Crippen molar-refractivity contribution in [1.82, 2.24) is 10.3 Å². The van der Waals surface area contributed by atoms with Gasteiger partial charge in [-0.05, 0) is 26.0 Å². The summed E-state index contributed by atoms with van der Waals surface area (Å²) in [6, 6.07) is 4.78. The molecule has 0 saturated heterocycles. The van der Waals surface area contributed by atoms with E-state index in [1.807, 2.05) is 19.2 Å². The molecule has 1 amide bonds. The second-order valence-electron chi connectivity index (χ2n) is 4.09. The molecule has 0 aliphatic rings. The van der Waals surface area contributed by atoms with E-state index in [0.29, 0.717) is 5.56 Å². The van der Waals surface area contributed by atoms with E-state index in [0.717, 1.165) is 10.6 Å². The number of carbonyl (C=O) groups is 1. The van der Waals surface area contributed by atoms with Crippen LogP contribution in [0.5, 0.6) is 5.75 Å². The topological polar surface area (TPSA) is 62.2 Å². The van der Waals surface area contributed by atoms with Crippen molar-refractivity contribution in [2.24, 2.45) is 0 Å². The van der Waals surface area contributed by atoms with Crippen LogP contribution in [0.4, 0.5) is 0 Å². The fraction of sp³-hybridized carbons (Fsp3) is 0.231. The molecule has 4 nitrogen and oxygen atoms in total. The summed E-state index contributed by atoms with van der Waals surface area (Å²) >= 11 is 1.49. The molecule has 2 rings (SSSR count). The molecule has 5 heteroatoms. The maximum Gasteiger partial charge on any atom is 0.255 e. The van der Waals surface area contributed by atoms with Gasteiger partial charge in [-0.15, -0.1) is 11.3 Å². The third-order valence-corrected chi connectivity index (χ3v) is 3.52. The highest BCUT2D eigenvalue weighted by Crippen LogP contribution is 2.20. The number of rotatable bonds is 3. The van der Waals surface area contributed by atoms with E-state index in [4.69, 9.17) is 0 Å². The average molecular weight is 262 g/mol. The lowest BCUT2D eigenvalue weighted by Crippen LogP contribution is -2.26. The van der Waals surface area contributed by atoms with Gasteiger partial charge in [0.25, 0.3) is 5.91 Å². The lowest BCUT2D eigenvalue weighted by molar-refractivity contribution is 0.0937. The summed E-state index contributed by atoms with van der Waals surface area (Å²) in [7, 11) is 0. The van der Waals surface area contributed by atoms with E-state index in [1.165, 1.54) is 17.4 Å². The molecule has 1 atom stereocenters. The van der Waals surface area contributed by atoms with Gasteiger partial charge in [0.15, 0.2) is 0 Å². The molecule has 0 bridgehead atoms. The molecular weight excluding hydrogens is 248 g/mol. The van der Waals surface area contributed by atoms with Crippen LogP contribution in [0.3, 0.4) is 0 Å². The Hall–Kier alpha value is -1.88. The Balaban J connectivity index is 2.15. The highest BCUT2D eigenvalue weighted by atomic mass is 32.1. The summed E-state index contributed by atoms with van der Waals surface area (Å²) in [5.41, 5.74) is 1.22. The van der Waals surface area contributed by atoms with Gasteiger partial charge < -0.3 is 10.4 Å². The fourth-order valence-corrected chi connectivity index (χ4v) is 2.26. The molecular formula is C13H14N2O2S. The van der Waals surface area contributed by atoms with Crippen molar-refractivity contribution < 1.29 is 9.90 Å². The first kappa shape index (κ1) is 12.6. The number of benzene rings is 1. The third-order valence-electron chi connectivity index (χ3n) is 2.57. The van der Waals surface area contributed by atoms with Crippen molar-refractivity contribution in [1.29, 1.82) is 0 Å². The molecule has 18 heavy (non-hydrogen) atoms. The number of aryl methyl sites for hydroxylation is 1. The van der Waals surface area contributed by atoms with E-state index < -0.39 is 0 Å². The monoisotopic (exact) mass is 262 g/mol. The van der Waals surface area contributed by atoms with Crippen LogP contribution >= 0.6 is 11.3 Å². The van der Waals surface area contributed by atoms with E-state index in [1.54, 1.807) is 18.3 Å². The SMILES string of the molecule is Cc1ccc(O)c(C(=O)NC(C)c2nccs2)c1. The highest BCUT2D eigenvalue weighted by Gasteiger charge is 2.16. The maximum atomic E-state index is 12.0.